The summed E-state index contributed by atoms with van der Waals surface area (Å²) in [5.74, 6) is -2.83. The van der Waals surface area contributed by atoms with Crippen LogP contribution < -0.4 is 37.6 Å². The van der Waals surface area contributed by atoms with Crippen LogP contribution in [-0.2, 0) is 54.5 Å². The number of amides is 5. The first-order valence-electron chi connectivity index (χ1n) is 17.4. The van der Waals surface area contributed by atoms with E-state index < -0.39 is 35.5 Å². The standard InChI is InChI=1S/C33H49N13O10/c1-5-56-32(52)29-43-24(19-46(29)4)41-26(48)7-9-37-30(50)22-16-21(17-44(22)2)39-31(51)28-42-23(18-45(28)3)40-25(47)6-8-36-27(49)20-55-15-14-54-13-12-53-11-10-38-33(34)35/h16-19H,5-15,20H2,1-4H3,(H,36,49)(H,37,50)(H,39,51)(H,40,47)(H,41,48)(H4,34,35,38). The molecule has 306 valence electrons. The minimum atomic E-state index is -0.620. The van der Waals surface area contributed by atoms with Gasteiger partial charge in [0.25, 0.3) is 11.8 Å². The number of nitrogens with two attached hydrogens (primary N) is 1. The van der Waals surface area contributed by atoms with Crippen molar-refractivity contribution in [1.82, 2.24) is 39.6 Å². The number of aromatic nitrogens is 5. The van der Waals surface area contributed by atoms with Crippen molar-refractivity contribution >= 4 is 58.8 Å². The summed E-state index contributed by atoms with van der Waals surface area (Å²) in [6.45, 7) is 3.64. The third-order valence-corrected chi connectivity index (χ3v) is 7.30. The maximum absolute atomic E-state index is 13.0. The predicted octanol–water partition coefficient (Wildman–Crippen LogP) is -1.34. The van der Waals surface area contributed by atoms with E-state index in [1.165, 1.54) is 38.4 Å². The van der Waals surface area contributed by atoms with E-state index >= 15 is 0 Å². The summed E-state index contributed by atoms with van der Waals surface area (Å²) in [6.07, 6.45) is 4.31. The van der Waals surface area contributed by atoms with Gasteiger partial charge in [-0.05, 0) is 13.0 Å². The highest BCUT2D eigenvalue weighted by Gasteiger charge is 2.19. The van der Waals surface area contributed by atoms with Crippen LogP contribution in [0.4, 0.5) is 17.3 Å². The molecule has 0 saturated carbocycles. The van der Waals surface area contributed by atoms with Crippen LogP contribution >= 0.6 is 0 Å². The van der Waals surface area contributed by atoms with Gasteiger partial charge >= 0.3 is 5.97 Å². The van der Waals surface area contributed by atoms with Crippen LogP contribution in [0.2, 0.25) is 0 Å². The van der Waals surface area contributed by atoms with E-state index in [1.54, 1.807) is 28.1 Å². The Bertz CT molecular complexity index is 1830. The van der Waals surface area contributed by atoms with Crippen LogP contribution in [0.3, 0.4) is 0 Å². The Labute approximate surface area is 321 Å². The van der Waals surface area contributed by atoms with Gasteiger partial charge in [0, 0.05) is 72.2 Å². The zero-order valence-corrected chi connectivity index (χ0v) is 31.7. The molecule has 0 aromatic carbocycles. The molecule has 0 spiro atoms. The van der Waals surface area contributed by atoms with Gasteiger partial charge in [0.1, 0.15) is 12.3 Å². The molecular formula is C33H49N13O10. The molecule has 3 aromatic heterocycles. The van der Waals surface area contributed by atoms with Gasteiger partial charge in [0.05, 0.1) is 45.3 Å². The van der Waals surface area contributed by atoms with Gasteiger partial charge in [-0.1, -0.05) is 0 Å². The maximum Gasteiger partial charge on any atom is 0.374 e. The van der Waals surface area contributed by atoms with Crippen molar-refractivity contribution < 1.29 is 47.7 Å². The molecule has 3 rings (SSSR count). The molecule has 0 saturated heterocycles. The van der Waals surface area contributed by atoms with Gasteiger partial charge in [-0.25, -0.2) is 14.8 Å². The number of esters is 1. The predicted molar refractivity (Wildman–Crippen MR) is 200 cm³/mol. The molecule has 3 heterocycles. The fraction of sp³-hybridized carbons (Fsp3) is 0.485. The molecule has 0 atom stereocenters. The highest BCUT2D eigenvalue weighted by molar-refractivity contribution is 6.04. The first-order valence-corrected chi connectivity index (χ1v) is 17.4. The normalized spacial score (nSPS) is 10.7. The maximum atomic E-state index is 13.0. The fourth-order valence-corrected chi connectivity index (χ4v) is 4.71. The summed E-state index contributed by atoms with van der Waals surface area (Å²) < 4.78 is 25.1. The molecule has 56 heavy (non-hydrogen) atoms. The van der Waals surface area contributed by atoms with Gasteiger partial charge in [-0.15, -0.1) is 0 Å². The lowest BCUT2D eigenvalue weighted by atomic mass is 10.3. The SMILES string of the molecule is CCOC(=O)c1nc(NC(=O)CCNC(=O)c2cc(NC(=O)c3nc(NC(=O)CCNC(=O)COCCOCCOCCNC(=N)N)cn3C)cn2C)cn1C. The lowest BCUT2D eigenvalue weighted by Gasteiger charge is -2.08. The van der Waals surface area contributed by atoms with Crippen LogP contribution in [0.15, 0.2) is 24.7 Å². The van der Waals surface area contributed by atoms with Gasteiger partial charge in [0.15, 0.2) is 17.6 Å². The second kappa shape index (κ2) is 22.8. The molecular weight excluding hydrogens is 738 g/mol. The molecule has 5 amide bonds. The third-order valence-electron chi connectivity index (χ3n) is 7.30. The summed E-state index contributed by atoms with van der Waals surface area (Å²) in [6, 6.07) is 1.45. The lowest BCUT2D eigenvalue weighted by Crippen LogP contribution is -2.33. The quantitative estimate of drug-likeness (QED) is 0.0226. The third kappa shape index (κ3) is 15.2. The summed E-state index contributed by atoms with van der Waals surface area (Å²) in [7, 11) is 4.77. The number of hydrogen-bond acceptors (Lipinski definition) is 13. The summed E-state index contributed by atoms with van der Waals surface area (Å²) in [5, 5.41) is 22.7. The van der Waals surface area contributed by atoms with Crippen molar-refractivity contribution in [1.29, 1.82) is 5.41 Å². The highest BCUT2D eigenvalue weighted by Crippen LogP contribution is 2.16. The van der Waals surface area contributed by atoms with E-state index in [0.29, 0.717) is 32.1 Å². The molecule has 23 heteroatoms. The van der Waals surface area contributed by atoms with Crippen molar-refractivity contribution in [2.24, 2.45) is 26.9 Å². The summed E-state index contributed by atoms with van der Waals surface area (Å²) >= 11 is 0. The molecule has 0 aliphatic heterocycles. The fourth-order valence-electron chi connectivity index (χ4n) is 4.71. The van der Waals surface area contributed by atoms with Crippen LogP contribution in [0.25, 0.3) is 0 Å². The van der Waals surface area contributed by atoms with E-state index in [2.05, 4.69) is 41.9 Å². The molecule has 9 N–H and O–H groups in total. The number of aryl methyl sites for hydroxylation is 3. The van der Waals surface area contributed by atoms with E-state index in [0.717, 1.165) is 0 Å². The van der Waals surface area contributed by atoms with Crippen LogP contribution in [0.1, 0.15) is 51.5 Å². The van der Waals surface area contributed by atoms with Crippen LogP contribution in [0.5, 0.6) is 0 Å². The van der Waals surface area contributed by atoms with Gasteiger partial charge < -0.3 is 70.3 Å². The first kappa shape index (κ1) is 44.1. The number of rotatable bonds is 24. The average molecular weight is 788 g/mol. The number of nitrogens with zero attached hydrogens (tertiary/aromatic N) is 5. The number of imidazole rings is 2. The lowest BCUT2D eigenvalue weighted by molar-refractivity contribution is -0.126. The van der Waals surface area contributed by atoms with Gasteiger partial charge in [-0.2, -0.15) is 0 Å². The number of guanidine groups is 1. The van der Waals surface area contributed by atoms with Gasteiger partial charge in [0.2, 0.25) is 29.4 Å². The molecule has 0 radical (unpaired) electrons. The monoisotopic (exact) mass is 787 g/mol. The topological polar surface area (TPSA) is 302 Å². The van der Waals surface area contributed by atoms with E-state index in [-0.39, 0.29) is 87.3 Å². The Hall–Kier alpha value is -6.33. The molecule has 3 aromatic rings. The van der Waals surface area contributed by atoms with Crippen molar-refractivity contribution in [3.8, 4) is 0 Å². The molecule has 0 bridgehead atoms. The number of hydrogen-bond donors (Lipinski definition) is 8. The number of carbonyl (C=O) groups is 6. The second-order valence-electron chi connectivity index (χ2n) is 11.8. The molecule has 0 unspecified atom stereocenters. The van der Waals surface area contributed by atoms with Crippen molar-refractivity contribution in [3.05, 3.63) is 42.0 Å². The van der Waals surface area contributed by atoms with Crippen LogP contribution in [0, 0.1) is 5.41 Å². The van der Waals surface area contributed by atoms with Crippen molar-refractivity contribution in [2.45, 2.75) is 19.8 Å². The first-order chi connectivity index (χ1) is 26.8. The Morgan fingerprint density at radius 1 is 0.679 bits per heavy atom. The zero-order chi connectivity index (χ0) is 41.0. The highest BCUT2D eigenvalue weighted by atomic mass is 16.5. The van der Waals surface area contributed by atoms with Crippen LogP contribution in [-0.4, -0.2) is 131 Å². The number of anilines is 3. The Balaban J connectivity index is 1.33. The Morgan fingerprint density at radius 2 is 1.25 bits per heavy atom. The molecule has 0 aliphatic rings. The number of ether oxygens (including phenoxy) is 4. The van der Waals surface area contributed by atoms with Crippen molar-refractivity contribution in [2.75, 3.05) is 81.8 Å². The average Bonchev–Trinajstić information content (AvgIpc) is 3.81. The summed E-state index contributed by atoms with van der Waals surface area (Å²) in [4.78, 5) is 82.8. The number of carbonyl (C=O) groups excluding carboxylic acids is 6. The zero-order valence-electron chi connectivity index (χ0n) is 31.7. The smallest absolute Gasteiger partial charge is 0.374 e. The molecule has 23 nitrogen and oxygen atoms in total. The Morgan fingerprint density at radius 3 is 1.88 bits per heavy atom. The minimum Gasteiger partial charge on any atom is -0.460 e. The Kier molecular flexibility index (Phi) is 17.9. The van der Waals surface area contributed by atoms with E-state index in [1.807, 2.05) is 0 Å². The minimum absolute atomic E-state index is 0.00391. The number of nitrogens with one attached hydrogen (secondary N) is 7. The van der Waals surface area contributed by atoms with E-state index in [4.69, 9.17) is 30.1 Å². The van der Waals surface area contributed by atoms with Gasteiger partial charge in [-0.3, -0.25) is 29.4 Å². The second-order valence-corrected chi connectivity index (χ2v) is 11.8. The largest absolute Gasteiger partial charge is 0.460 e. The molecule has 0 fully saturated rings. The summed E-state index contributed by atoms with van der Waals surface area (Å²) in [5.41, 5.74) is 5.67. The van der Waals surface area contributed by atoms with Crippen molar-refractivity contribution in [3.63, 3.8) is 0 Å². The van der Waals surface area contributed by atoms with E-state index in [9.17, 15) is 28.8 Å². The molecule has 0 aliphatic carbocycles.